The Morgan fingerprint density at radius 1 is 1.50 bits per heavy atom. The predicted octanol–water partition coefficient (Wildman–Crippen LogP) is 3.71. The number of carbonyl (C=O) groups excluding carboxylic acids is 1. The number of hydrogen-bond acceptors (Lipinski definition) is 4. The molecule has 1 aromatic carbocycles. The van der Waals surface area contributed by atoms with Gasteiger partial charge in [0.25, 0.3) is 5.91 Å². The highest BCUT2D eigenvalue weighted by Gasteiger charge is 2.34. The van der Waals surface area contributed by atoms with Crippen molar-refractivity contribution < 1.29 is 14.0 Å². The first-order valence-corrected chi connectivity index (χ1v) is 9.02. The number of halogens is 2. The van der Waals surface area contributed by atoms with Crippen LogP contribution in [0.3, 0.4) is 0 Å². The maximum absolute atomic E-state index is 14.4. The summed E-state index contributed by atoms with van der Waals surface area (Å²) in [6.45, 7) is 3.33. The number of carbonyl (C=O) groups is 1. The van der Waals surface area contributed by atoms with Crippen LogP contribution in [0.5, 0.6) is 0 Å². The van der Waals surface area contributed by atoms with Crippen molar-refractivity contribution in [3.63, 3.8) is 0 Å². The number of nitrogens with zero attached hydrogens (tertiary/aromatic N) is 1. The monoisotopic (exact) mass is 368 g/mol. The molecule has 0 aliphatic carbocycles. The smallest absolute Gasteiger partial charge is 0.265 e. The lowest BCUT2D eigenvalue weighted by Gasteiger charge is -2.34. The zero-order valence-corrected chi connectivity index (χ0v) is 14.8. The average molecular weight is 369 g/mol. The molecule has 1 amide bonds. The van der Waals surface area contributed by atoms with Gasteiger partial charge in [0.15, 0.2) is 0 Å². The van der Waals surface area contributed by atoms with Gasteiger partial charge < -0.3 is 0 Å². The van der Waals surface area contributed by atoms with E-state index in [1.165, 1.54) is 22.6 Å². The Hall–Kier alpha value is -1.47. The molecule has 4 nitrogen and oxygen atoms in total. The van der Waals surface area contributed by atoms with E-state index in [2.05, 4.69) is 5.48 Å². The van der Waals surface area contributed by atoms with Gasteiger partial charge in [-0.25, -0.2) is 9.87 Å². The highest BCUT2D eigenvalue weighted by Crippen LogP contribution is 2.34. The summed E-state index contributed by atoms with van der Waals surface area (Å²) >= 11 is 7.93. The van der Waals surface area contributed by atoms with Crippen LogP contribution in [0.15, 0.2) is 29.6 Å². The van der Waals surface area contributed by atoms with E-state index < -0.39 is 17.8 Å². The molecule has 2 heterocycles. The normalized spacial score (nSPS) is 15.8. The maximum Gasteiger partial charge on any atom is 0.265 e. The molecule has 0 radical (unpaired) electrons. The van der Waals surface area contributed by atoms with E-state index in [-0.39, 0.29) is 10.6 Å². The lowest BCUT2D eigenvalue weighted by atomic mass is 10.00. The van der Waals surface area contributed by atoms with Gasteiger partial charge in [-0.15, -0.1) is 11.3 Å². The third-order valence-electron chi connectivity index (χ3n) is 4.04. The molecule has 3 rings (SSSR count). The summed E-state index contributed by atoms with van der Waals surface area (Å²) in [5, 5.41) is 2.28. The second-order valence-electron chi connectivity index (χ2n) is 5.53. The van der Waals surface area contributed by atoms with Gasteiger partial charge in [-0.1, -0.05) is 17.7 Å². The van der Waals surface area contributed by atoms with Crippen LogP contribution in [0.4, 0.5) is 4.39 Å². The van der Waals surface area contributed by atoms with E-state index in [4.69, 9.17) is 16.4 Å². The Morgan fingerprint density at radius 3 is 3.08 bits per heavy atom. The number of rotatable bonds is 5. The summed E-state index contributed by atoms with van der Waals surface area (Å²) < 4.78 is 14.4. The Morgan fingerprint density at radius 2 is 2.33 bits per heavy atom. The van der Waals surface area contributed by atoms with Crippen LogP contribution < -0.4 is 5.48 Å². The molecule has 1 aliphatic rings. The minimum atomic E-state index is -0.835. The van der Waals surface area contributed by atoms with Crippen molar-refractivity contribution in [3.8, 4) is 0 Å². The number of fused-ring (bicyclic) bond motifs is 1. The van der Waals surface area contributed by atoms with Gasteiger partial charge in [-0.05, 0) is 42.5 Å². The van der Waals surface area contributed by atoms with Gasteiger partial charge in [0.05, 0.1) is 6.61 Å². The maximum atomic E-state index is 14.4. The van der Waals surface area contributed by atoms with Crippen LogP contribution >= 0.6 is 22.9 Å². The Kier molecular flexibility index (Phi) is 5.50. The lowest BCUT2D eigenvalue weighted by molar-refractivity contribution is -0.139. The second-order valence-corrected chi connectivity index (χ2v) is 6.93. The topological polar surface area (TPSA) is 41.6 Å². The largest absolute Gasteiger partial charge is 0.283 e. The zero-order chi connectivity index (χ0) is 17.1. The minimum Gasteiger partial charge on any atom is -0.283 e. The molecule has 1 aliphatic heterocycles. The Balaban J connectivity index is 1.95. The van der Waals surface area contributed by atoms with Crippen molar-refractivity contribution in [1.82, 2.24) is 10.4 Å². The predicted molar refractivity (Wildman–Crippen MR) is 92.4 cm³/mol. The van der Waals surface area contributed by atoms with Gasteiger partial charge in [-0.2, -0.15) is 0 Å². The van der Waals surface area contributed by atoms with Gasteiger partial charge in [0, 0.05) is 28.6 Å². The van der Waals surface area contributed by atoms with Crippen LogP contribution in [-0.4, -0.2) is 24.0 Å². The number of thiophene rings is 1. The molecular formula is C17H18ClFN2O2S. The van der Waals surface area contributed by atoms with Crippen molar-refractivity contribution in [2.45, 2.75) is 25.9 Å². The van der Waals surface area contributed by atoms with Crippen LogP contribution in [0.25, 0.3) is 0 Å². The zero-order valence-electron chi connectivity index (χ0n) is 13.2. The standard InChI is InChI=1S/C17H18ClFN2O2S/c1-2-23-20-17(22)16(15-12(18)4-3-5-13(15)19)21-8-6-14-11(10-21)7-9-24-14/h3-5,7,9,16H,2,6,8,10H2,1H3,(H,20,22). The molecule has 1 N–H and O–H groups in total. The third-order valence-corrected chi connectivity index (χ3v) is 5.39. The second kappa shape index (κ2) is 7.61. The lowest BCUT2D eigenvalue weighted by Crippen LogP contribution is -2.43. The number of amides is 1. The highest BCUT2D eigenvalue weighted by atomic mass is 35.5. The van der Waals surface area contributed by atoms with E-state index in [1.54, 1.807) is 24.3 Å². The van der Waals surface area contributed by atoms with Crippen LogP contribution in [-0.2, 0) is 22.6 Å². The van der Waals surface area contributed by atoms with E-state index in [1.807, 2.05) is 16.3 Å². The van der Waals surface area contributed by atoms with Crippen LogP contribution in [0.2, 0.25) is 5.02 Å². The molecule has 2 aromatic rings. The van der Waals surface area contributed by atoms with Gasteiger partial charge in [0.1, 0.15) is 11.9 Å². The van der Waals surface area contributed by atoms with E-state index in [9.17, 15) is 9.18 Å². The summed E-state index contributed by atoms with van der Waals surface area (Å²) in [7, 11) is 0. The van der Waals surface area contributed by atoms with Crippen LogP contribution in [0, 0.1) is 5.82 Å². The molecule has 0 fully saturated rings. The summed E-state index contributed by atoms with van der Waals surface area (Å²) in [6, 6.07) is 5.67. The fourth-order valence-corrected chi connectivity index (χ4v) is 4.10. The first kappa shape index (κ1) is 17.4. The molecule has 1 aromatic heterocycles. The van der Waals surface area contributed by atoms with E-state index in [0.717, 1.165) is 6.42 Å². The molecular weight excluding hydrogens is 351 g/mol. The van der Waals surface area contributed by atoms with Gasteiger partial charge in [0.2, 0.25) is 0 Å². The number of nitrogens with one attached hydrogen (secondary N) is 1. The molecule has 1 unspecified atom stereocenters. The summed E-state index contributed by atoms with van der Waals surface area (Å²) in [6.07, 6.45) is 0.831. The fourth-order valence-electron chi connectivity index (χ4n) is 2.94. The summed E-state index contributed by atoms with van der Waals surface area (Å²) in [5.74, 6) is -0.905. The molecule has 128 valence electrons. The van der Waals surface area contributed by atoms with Crippen molar-refractivity contribution in [2.75, 3.05) is 13.2 Å². The van der Waals surface area contributed by atoms with E-state index >= 15 is 0 Å². The number of hydroxylamine groups is 1. The SMILES string of the molecule is CCONC(=O)C(c1c(F)cccc1Cl)N1CCc2sccc2C1. The Labute approximate surface area is 149 Å². The first-order chi connectivity index (χ1) is 11.6. The quantitative estimate of drug-likeness (QED) is 0.818. The van der Waals surface area contributed by atoms with Gasteiger partial charge in [-0.3, -0.25) is 14.5 Å². The molecule has 0 saturated heterocycles. The van der Waals surface area contributed by atoms with Gasteiger partial charge >= 0.3 is 0 Å². The number of hydrogen-bond donors (Lipinski definition) is 1. The van der Waals surface area contributed by atoms with Crippen molar-refractivity contribution >= 4 is 28.8 Å². The highest BCUT2D eigenvalue weighted by molar-refractivity contribution is 7.10. The van der Waals surface area contributed by atoms with E-state index in [0.29, 0.717) is 19.7 Å². The number of benzene rings is 1. The Bertz CT molecular complexity index is 717. The van der Waals surface area contributed by atoms with Crippen molar-refractivity contribution in [3.05, 3.63) is 56.5 Å². The third kappa shape index (κ3) is 3.47. The molecule has 7 heteroatoms. The van der Waals surface area contributed by atoms with Crippen molar-refractivity contribution in [2.24, 2.45) is 0 Å². The molecule has 24 heavy (non-hydrogen) atoms. The average Bonchev–Trinajstić information content (AvgIpc) is 3.03. The first-order valence-electron chi connectivity index (χ1n) is 7.76. The van der Waals surface area contributed by atoms with Crippen LogP contribution in [0.1, 0.15) is 29.0 Å². The molecule has 1 atom stereocenters. The molecule has 0 spiro atoms. The summed E-state index contributed by atoms with van der Waals surface area (Å²) in [4.78, 5) is 20.9. The minimum absolute atomic E-state index is 0.190. The summed E-state index contributed by atoms with van der Waals surface area (Å²) in [5.41, 5.74) is 3.76. The molecule has 0 saturated carbocycles. The molecule has 0 bridgehead atoms. The van der Waals surface area contributed by atoms with Crippen molar-refractivity contribution in [1.29, 1.82) is 0 Å². The fraction of sp³-hybridized carbons (Fsp3) is 0.353.